The zero-order valence-corrected chi connectivity index (χ0v) is 14.8. The van der Waals surface area contributed by atoms with Crippen molar-refractivity contribution >= 4 is 0 Å². The second kappa shape index (κ2) is 7.57. The highest BCUT2D eigenvalue weighted by atomic mass is 16.8. The van der Waals surface area contributed by atoms with Gasteiger partial charge in [0.05, 0.1) is 19.8 Å². The molecule has 2 fully saturated rings. The Morgan fingerprint density at radius 1 is 1.20 bits per heavy atom. The average Bonchev–Trinajstić information content (AvgIpc) is 3.05. The highest BCUT2D eigenvalue weighted by molar-refractivity contribution is 5.26. The molecule has 2 saturated heterocycles. The van der Waals surface area contributed by atoms with Gasteiger partial charge in [0.2, 0.25) is 0 Å². The molecule has 1 aromatic rings. The molecule has 2 N–H and O–H groups in total. The number of benzene rings is 1. The molecule has 2 heterocycles. The highest BCUT2D eigenvalue weighted by Gasteiger charge is 2.56. The standard InChI is InChI=1S/C18H26O7/c1-4-21-12-7-5-11(6-8-12)10-22-15-14(13(20)9-19)23-17-16(15)24-18(2,3)25-17/h5-8,13-17,19-20H,4,9-10H2,1-3H3/t13-,14+,15-,16+,17-/m1/s1. The maximum Gasteiger partial charge on any atom is 0.190 e. The van der Waals surface area contributed by atoms with E-state index >= 15 is 0 Å². The molecule has 0 bridgehead atoms. The number of aliphatic hydroxyl groups excluding tert-OH is 2. The van der Waals surface area contributed by atoms with E-state index in [0.29, 0.717) is 13.2 Å². The van der Waals surface area contributed by atoms with Gasteiger partial charge in [-0.05, 0) is 38.5 Å². The van der Waals surface area contributed by atoms with E-state index in [1.54, 1.807) is 13.8 Å². The minimum Gasteiger partial charge on any atom is -0.494 e. The topological polar surface area (TPSA) is 86.6 Å². The molecule has 2 aliphatic rings. The van der Waals surface area contributed by atoms with Crippen molar-refractivity contribution in [3.8, 4) is 5.75 Å². The van der Waals surface area contributed by atoms with E-state index in [-0.39, 0.29) is 0 Å². The lowest BCUT2D eigenvalue weighted by Crippen LogP contribution is -2.44. The second-order valence-electron chi connectivity index (χ2n) is 6.67. The quantitative estimate of drug-likeness (QED) is 0.761. The summed E-state index contributed by atoms with van der Waals surface area (Å²) in [5.74, 6) is 0.0314. The molecule has 2 aliphatic heterocycles. The Hall–Kier alpha value is -1.22. The molecule has 3 rings (SSSR count). The summed E-state index contributed by atoms with van der Waals surface area (Å²) in [6, 6.07) is 7.61. The lowest BCUT2D eigenvalue weighted by Gasteiger charge is -2.28. The Kier molecular flexibility index (Phi) is 5.62. The maximum atomic E-state index is 10.0. The van der Waals surface area contributed by atoms with Crippen molar-refractivity contribution in [3.05, 3.63) is 29.8 Å². The van der Waals surface area contributed by atoms with Crippen LogP contribution in [0.4, 0.5) is 0 Å². The van der Waals surface area contributed by atoms with Gasteiger partial charge in [0, 0.05) is 0 Å². The summed E-state index contributed by atoms with van der Waals surface area (Å²) < 4.78 is 28.7. The predicted octanol–water partition coefficient (Wildman–Crippen LogP) is 1.20. The molecular weight excluding hydrogens is 328 g/mol. The van der Waals surface area contributed by atoms with Crippen molar-refractivity contribution in [2.24, 2.45) is 0 Å². The number of ether oxygens (including phenoxy) is 5. The van der Waals surface area contributed by atoms with Gasteiger partial charge in [-0.15, -0.1) is 0 Å². The Morgan fingerprint density at radius 3 is 2.56 bits per heavy atom. The van der Waals surface area contributed by atoms with Crippen LogP contribution in [0.25, 0.3) is 0 Å². The van der Waals surface area contributed by atoms with Gasteiger partial charge in [-0.2, -0.15) is 0 Å². The number of aliphatic hydroxyl groups is 2. The van der Waals surface area contributed by atoms with Crippen LogP contribution in [0.3, 0.4) is 0 Å². The fourth-order valence-corrected chi connectivity index (χ4v) is 3.15. The van der Waals surface area contributed by atoms with Gasteiger partial charge in [0.25, 0.3) is 0 Å². The summed E-state index contributed by atoms with van der Waals surface area (Å²) in [6.45, 7) is 6.06. The summed E-state index contributed by atoms with van der Waals surface area (Å²) in [6.07, 6.45) is -3.39. The fourth-order valence-electron chi connectivity index (χ4n) is 3.15. The van der Waals surface area contributed by atoms with Crippen molar-refractivity contribution in [1.82, 2.24) is 0 Å². The molecule has 0 amide bonds. The molecular formula is C18H26O7. The summed E-state index contributed by atoms with van der Waals surface area (Å²) in [4.78, 5) is 0. The van der Waals surface area contributed by atoms with Gasteiger partial charge in [-0.3, -0.25) is 0 Å². The maximum absolute atomic E-state index is 10.0. The number of rotatable bonds is 7. The van der Waals surface area contributed by atoms with Crippen LogP contribution in [0.2, 0.25) is 0 Å². The van der Waals surface area contributed by atoms with Crippen LogP contribution < -0.4 is 4.74 Å². The van der Waals surface area contributed by atoms with E-state index in [0.717, 1.165) is 11.3 Å². The Balaban J connectivity index is 1.66. The molecule has 0 aromatic heterocycles. The molecule has 5 atom stereocenters. The van der Waals surface area contributed by atoms with Gasteiger partial charge < -0.3 is 33.9 Å². The molecule has 140 valence electrons. The molecule has 0 aliphatic carbocycles. The minimum atomic E-state index is -1.06. The van der Waals surface area contributed by atoms with E-state index in [2.05, 4.69) is 0 Å². The Labute approximate surface area is 147 Å². The second-order valence-corrected chi connectivity index (χ2v) is 6.67. The van der Waals surface area contributed by atoms with Crippen molar-refractivity contribution in [3.63, 3.8) is 0 Å². The van der Waals surface area contributed by atoms with Crippen LogP contribution >= 0.6 is 0 Å². The van der Waals surface area contributed by atoms with Crippen LogP contribution in [0.5, 0.6) is 5.75 Å². The predicted molar refractivity (Wildman–Crippen MR) is 88.0 cm³/mol. The monoisotopic (exact) mass is 354 g/mol. The lowest BCUT2D eigenvalue weighted by molar-refractivity contribution is -0.232. The first-order chi connectivity index (χ1) is 11.9. The number of hydrogen-bond donors (Lipinski definition) is 2. The first kappa shape index (κ1) is 18.6. The van der Waals surface area contributed by atoms with E-state index in [1.807, 2.05) is 31.2 Å². The van der Waals surface area contributed by atoms with Crippen LogP contribution in [-0.4, -0.2) is 59.9 Å². The Morgan fingerprint density at radius 2 is 1.92 bits per heavy atom. The normalized spacial score (nSPS) is 31.7. The molecule has 0 saturated carbocycles. The number of fused-ring (bicyclic) bond motifs is 1. The van der Waals surface area contributed by atoms with E-state index < -0.39 is 43.1 Å². The summed E-state index contributed by atoms with van der Waals surface area (Å²) in [5, 5.41) is 19.3. The van der Waals surface area contributed by atoms with Crippen LogP contribution in [0, 0.1) is 0 Å². The van der Waals surface area contributed by atoms with Gasteiger partial charge in [-0.1, -0.05) is 12.1 Å². The largest absolute Gasteiger partial charge is 0.494 e. The van der Waals surface area contributed by atoms with Gasteiger partial charge >= 0.3 is 0 Å². The molecule has 7 nitrogen and oxygen atoms in total. The summed E-state index contributed by atoms with van der Waals surface area (Å²) >= 11 is 0. The van der Waals surface area contributed by atoms with Gasteiger partial charge in [0.15, 0.2) is 12.1 Å². The molecule has 0 radical (unpaired) electrons. The minimum absolute atomic E-state index is 0.322. The van der Waals surface area contributed by atoms with Crippen LogP contribution in [-0.2, 0) is 25.6 Å². The lowest BCUT2D eigenvalue weighted by atomic mass is 10.1. The van der Waals surface area contributed by atoms with E-state index in [4.69, 9.17) is 23.7 Å². The smallest absolute Gasteiger partial charge is 0.190 e. The summed E-state index contributed by atoms with van der Waals surface area (Å²) in [7, 11) is 0. The number of hydrogen-bond acceptors (Lipinski definition) is 7. The summed E-state index contributed by atoms with van der Waals surface area (Å²) in [5.41, 5.74) is 0.960. The van der Waals surface area contributed by atoms with E-state index in [1.165, 1.54) is 0 Å². The highest BCUT2D eigenvalue weighted by Crippen LogP contribution is 2.39. The zero-order chi connectivity index (χ0) is 18.0. The first-order valence-electron chi connectivity index (χ1n) is 8.57. The molecule has 0 spiro atoms. The van der Waals surface area contributed by atoms with E-state index in [9.17, 15) is 10.2 Å². The first-order valence-corrected chi connectivity index (χ1v) is 8.57. The molecule has 1 aromatic carbocycles. The van der Waals surface area contributed by atoms with Gasteiger partial charge in [-0.25, -0.2) is 0 Å². The average molecular weight is 354 g/mol. The van der Waals surface area contributed by atoms with Crippen molar-refractivity contribution < 1.29 is 33.9 Å². The molecule has 0 unspecified atom stereocenters. The van der Waals surface area contributed by atoms with Crippen LogP contribution in [0.1, 0.15) is 26.3 Å². The third kappa shape index (κ3) is 4.13. The third-order valence-electron chi connectivity index (χ3n) is 4.27. The SMILES string of the molecule is CCOc1ccc(CO[C@H]2[C@@H]3OC(C)(C)O[C@H]3O[C@H]2[C@H](O)CO)cc1. The fraction of sp³-hybridized carbons (Fsp3) is 0.667. The van der Waals surface area contributed by atoms with Gasteiger partial charge in [0.1, 0.15) is 30.2 Å². The van der Waals surface area contributed by atoms with Crippen molar-refractivity contribution in [2.75, 3.05) is 13.2 Å². The Bertz CT molecular complexity index is 559. The zero-order valence-electron chi connectivity index (χ0n) is 14.8. The van der Waals surface area contributed by atoms with Crippen LogP contribution in [0.15, 0.2) is 24.3 Å². The third-order valence-corrected chi connectivity index (χ3v) is 4.27. The van der Waals surface area contributed by atoms with Crippen molar-refractivity contribution in [1.29, 1.82) is 0 Å². The molecule has 25 heavy (non-hydrogen) atoms. The molecule has 7 heteroatoms. The van der Waals surface area contributed by atoms with Crippen molar-refractivity contribution in [2.45, 2.75) is 63.9 Å².